The molecule has 1 spiro atoms. The molecule has 0 aromatic carbocycles. The van der Waals surface area contributed by atoms with Gasteiger partial charge in [-0.25, -0.2) is 15.0 Å². The molecule has 2 fully saturated rings. The lowest BCUT2D eigenvalue weighted by Gasteiger charge is -2.39. The minimum absolute atomic E-state index is 0.00717. The van der Waals surface area contributed by atoms with Gasteiger partial charge in [-0.2, -0.15) is 0 Å². The van der Waals surface area contributed by atoms with Crippen LogP contribution in [0.15, 0.2) is 36.7 Å². The van der Waals surface area contributed by atoms with Gasteiger partial charge in [0.25, 0.3) is 0 Å². The van der Waals surface area contributed by atoms with Gasteiger partial charge in [-0.1, -0.05) is 6.07 Å². The van der Waals surface area contributed by atoms with Crippen LogP contribution in [0.4, 0.5) is 11.8 Å². The van der Waals surface area contributed by atoms with E-state index in [0.717, 1.165) is 50.5 Å². The molecule has 1 N–H and O–H groups in total. The lowest BCUT2D eigenvalue weighted by molar-refractivity contribution is -0.0148. The van der Waals surface area contributed by atoms with Gasteiger partial charge in [0.05, 0.1) is 18.2 Å². The van der Waals surface area contributed by atoms with Gasteiger partial charge in [0, 0.05) is 31.2 Å². The Balaban J connectivity index is 1.35. The predicted octanol–water partition coefficient (Wildman–Crippen LogP) is 2.42. The van der Waals surface area contributed by atoms with Gasteiger partial charge in [-0.3, -0.25) is 0 Å². The number of nitrogens with zero attached hydrogens (tertiary/aromatic N) is 4. The lowest BCUT2D eigenvalue weighted by atomic mass is 9.87. The first-order valence-corrected chi connectivity index (χ1v) is 8.59. The van der Waals surface area contributed by atoms with Crippen LogP contribution in [-0.4, -0.2) is 46.3 Å². The summed E-state index contributed by atoms with van der Waals surface area (Å²) in [5.74, 6) is 1.76. The average Bonchev–Trinajstić information content (AvgIpc) is 2.99. The van der Waals surface area contributed by atoms with E-state index < -0.39 is 0 Å². The second kappa shape index (κ2) is 6.36. The molecule has 4 rings (SSSR count). The average molecular weight is 325 g/mol. The summed E-state index contributed by atoms with van der Waals surface area (Å²) in [6.07, 6.45) is 6.61. The number of aryl methyl sites for hydroxylation is 1. The number of hydrogen-bond acceptors (Lipinski definition) is 6. The fourth-order valence-corrected chi connectivity index (χ4v) is 3.69. The molecule has 2 aromatic heterocycles. The Kier molecular flexibility index (Phi) is 4.06. The molecule has 0 radical (unpaired) electrons. The van der Waals surface area contributed by atoms with E-state index in [1.165, 1.54) is 0 Å². The van der Waals surface area contributed by atoms with Crippen LogP contribution < -0.4 is 10.2 Å². The lowest BCUT2D eigenvalue weighted by Crippen LogP contribution is -2.44. The first-order valence-electron chi connectivity index (χ1n) is 8.59. The molecular formula is C18H23N5O. The number of nitrogens with one attached hydrogen (secondary N) is 1. The van der Waals surface area contributed by atoms with Crippen LogP contribution >= 0.6 is 0 Å². The van der Waals surface area contributed by atoms with Gasteiger partial charge < -0.3 is 15.0 Å². The molecule has 6 nitrogen and oxygen atoms in total. The van der Waals surface area contributed by atoms with E-state index in [9.17, 15) is 0 Å². The minimum atomic E-state index is -0.00717. The van der Waals surface area contributed by atoms with E-state index in [1.807, 2.05) is 19.1 Å². The second-order valence-electron chi connectivity index (χ2n) is 6.74. The molecule has 1 atom stereocenters. The Morgan fingerprint density at radius 3 is 2.71 bits per heavy atom. The van der Waals surface area contributed by atoms with Crippen LogP contribution in [0.2, 0.25) is 0 Å². The fourth-order valence-electron chi connectivity index (χ4n) is 3.69. The first-order chi connectivity index (χ1) is 11.7. The summed E-state index contributed by atoms with van der Waals surface area (Å²) in [5.41, 5.74) is 1.06. The quantitative estimate of drug-likeness (QED) is 0.935. The third kappa shape index (κ3) is 3.19. The van der Waals surface area contributed by atoms with Crippen LogP contribution in [0, 0.1) is 6.92 Å². The zero-order valence-corrected chi connectivity index (χ0v) is 14.0. The number of anilines is 2. The van der Waals surface area contributed by atoms with E-state index in [4.69, 9.17) is 4.74 Å². The number of piperidine rings is 1. The summed E-state index contributed by atoms with van der Waals surface area (Å²) in [6, 6.07) is 8.33. The van der Waals surface area contributed by atoms with Crippen molar-refractivity contribution >= 4 is 11.8 Å². The molecule has 6 heteroatoms. The molecule has 126 valence electrons. The van der Waals surface area contributed by atoms with Crippen LogP contribution in [-0.2, 0) is 4.74 Å². The highest BCUT2D eigenvalue weighted by molar-refractivity contribution is 5.40. The van der Waals surface area contributed by atoms with Crippen LogP contribution in [0.25, 0.3) is 0 Å². The van der Waals surface area contributed by atoms with Gasteiger partial charge in [0.1, 0.15) is 5.82 Å². The van der Waals surface area contributed by atoms with Crippen molar-refractivity contribution in [3.05, 3.63) is 42.4 Å². The molecule has 0 bridgehead atoms. The van der Waals surface area contributed by atoms with Crippen molar-refractivity contribution in [1.29, 1.82) is 0 Å². The third-order valence-corrected chi connectivity index (χ3v) is 4.98. The standard InChI is InChI=1S/C18H23N5O/c1-14-4-2-5-16(21-14)23-10-6-18(7-11-23)12-15(13-24-18)22-17-19-8-3-9-20-17/h2-5,8-9,15H,6-7,10-13H2,1H3,(H,19,20,22). The van der Waals surface area contributed by atoms with Crippen LogP contribution in [0.1, 0.15) is 25.0 Å². The van der Waals surface area contributed by atoms with Crippen molar-refractivity contribution in [2.24, 2.45) is 0 Å². The summed E-state index contributed by atoms with van der Waals surface area (Å²) in [5, 5.41) is 3.39. The number of pyridine rings is 1. The Morgan fingerprint density at radius 1 is 1.17 bits per heavy atom. The van der Waals surface area contributed by atoms with Crippen molar-refractivity contribution in [3.63, 3.8) is 0 Å². The summed E-state index contributed by atoms with van der Waals surface area (Å²) in [7, 11) is 0. The Labute approximate surface area is 142 Å². The number of hydrogen-bond donors (Lipinski definition) is 1. The van der Waals surface area contributed by atoms with Crippen molar-refractivity contribution in [3.8, 4) is 0 Å². The maximum Gasteiger partial charge on any atom is 0.222 e. The SMILES string of the molecule is Cc1cccc(N2CCC3(CC2)CC(Nc2ncccn2)CO3)n1. The highest BCUT2D eigenvalue weighted by atomic mass is 16.5. The van der Waals surface area contributed by atoms with Gasteiger partial charge in [-0.15, -0.1) is 0 Å². The third-order valence-electron chi connectivity index (χ3n) is 4.98. The molecule has 1 unspecified atom stereocenters. The molecular weight excluding hydrogens is 302 g/mol. The molecule has 2 aliphatic rings. The molecule has 0 amide bonds. The highest BCUT2D eigenvalue weighted by Gasteiger charge is 2.43. The van der Waals surface area contributed by atoms with Crippen molar-refractivity contribution in [1.82, 2.24) is 15.0 Å². The van der Waals surface area contributed by atoms with E-state index in [-0.39, 0.29) is 11.6 Å². The molecule has 0 saturated carbocycles. The topological polar surface area (TPSA) is 63.2 Å². The number of rotatable bonds is 3. The van der Waals surface area contributed by atoms with E-state index in [1.54, 1.807) is 12.4 Å². The Bertz CT molecular complexity index is 685. The highest BCUT2D eigenvalue weighted by Crippen LogP contribution is 2.37. The van der Waals surface area contributed by atoms with E-state index in [2.05, 4.69) is 37.3 Å². The molecule has 24 heavy (non-hydrogen) atoms. The Hall–Kier alpha value is -2.21. The molecule has 2 aromatic rings. The van der Waals surface area contributed by atoms with Crippen molar-refractivity contribution < 1.29 is 4.74 Å². The van der Waals surface area contributed by atoms with E-state index in [0.29, 0.717) is 5.95 Å². The maximum absolute atomic E-state index is 6.21. The molecule has 4 heterocycles. The van der Waals surface area contributed by atoms with Gasteiger partial charge >= 0.3 is 0 Å². The van der Waals surface area contributed by atoms with Crippen LogP contribution in [0.5, 0.6) is 0 Å². The summed E-state index contributed by atoms with van der Waals surface area (Å²) in [4.78, 5) is 15.5. The van der Waals surface area contributed by atoms with Gasteiger partial charge in [0.15, 0.2) is 0 Å². The zero-order chi connectivity index (χ0) is 16.4. The maximum atomic E-state index is 6.21. The number of aromatic nitrogens is 3. The van der Waals surface area contributed by atoms with Gasteiger partial charge in [0.2, 0.25) is 5.95 Å². The molecule has 2 saturated heterocycles. The van der Waals surface area contributed by atoms with Crippen molar-refractivity contribution in [2.45, 2.75) is 37.8 Å². The first kappa shape index (κ1) is 15.3. The summed E-state index contributed by atoms with van der Waals surface area (Å²) >= 11 is 0. The minimum Gasteiger partial charge on any atom is -0.373 e. The largest absolute Gasteiger partial charge is 0.373 e. The monoisotopic (exact) mass is 325 g/mol. The fraction of sp³-hybridized carbons (Fsp3) is 0.500. The Morgan fingerprint density at radius 2 is 1.96 bits per heavy atom. The summed E-state index contributed by atoms with van der Waals surface area (Å²) < 4.78 is 6.21. The second-order valence-corrected chi connectivity index (χ2v) is 6.74. The van der Waals surface area contributed by atoms with E-state index >= 15 is 0 Å². The molecule has 2 aliphatic heterocycles. The normalized spacial score (nSPS) is 22.7. The van der Waals surface area contributed by atoms with Crippen LogP contribution in [0.3, 0.4) is 0 Å². The molecule has 0 aliphatic carbocycles. The summed E-state index contributed by atoms with van der Waals surface area (Å²) in [6.45, 7) is 4.74. The van der Waals surface area contributed by atoms with Crippen molar-refractivity contribution in [2.75, 3.05) is 29.9 Å². The zero-order valence-electron chi connectivity index (χ0n) is 14.0. The number of ether oxygens (including phenoxy) is 1. The smallest absolute Gasteiger partial charge is 0.222 e. The predicted molar refractivity (Wildman–Crippen MR) is 93.2 cm³/mol. The van der Waals surface area contributed by atoms with Gasteiger partial charge in [-0.05, 0) is 44.4 Å².